The van der Waals surface area contributed by atoms with Crippen molar-refractivity contribution in [1.82, 2.24) is 0 Å². The summed E-state index contributed by atoms with van der Waals surface area (Å²) in [6.07, 6.45) is -0.492. The lowest BCUT2D eigenvalue weighted by molar-refractivity contribution is 0.187. The monoisotopic (exact) mass is 411 g/mol. The minimum atomic E-state index is -0.492. The molecule has 0 fully saturated rings. The first-order valence-electron chi connectivity index (χ1n) is 6.83. The topological polar surface area (TPSA) is 47.6 Å². The standard InChI is InChI=1S/C17H18INO3/c1-11-4-7-16(12(2)8-11)22-10-13-9-14(18)5-6-15(13)19-17(20)21-3/h4-9H,10H2,1-3H3,(H,19,20). The van der Waals surface area contributed by atoms with Crippen molar-refractivity contribution in [3.05, 3.63) is 56.7 Å². The number of aryl methyl sites for hydroxylation is 2. The molecule has 5 heteroatoms. The summed E-state index contributed by atoms with van der Waals surface area (Å²) in [7, 11) is 1.34. The molecule has 22 heavy (non-hydrogen) atoms. The van der Waals surface area contributed by atoms with Crippen molar-refractivity contribution >= 4 is 34.4 Å². The molecule has 0 radical (unpaired) electrons. The van der Waals surface area contributed by atoms with Crippen molar-refractivity contribution in [3.8, 4) is 5.75 Å². The molecule has 0 spiro atoms. The van der Waals surface area contributed by atoms with Crippen molar-refractivity contribution in [3.63, 3.8) is 0 Å². The molecule has 0 atom stereocenters. The Morgan fingerprint density at radius 2 is 1.95 bits per heavy atom. The van der Waals surface area contributed by atoms with Crippen LogP contribution in [-0.2, 0) is 11.3 Å². The molecule has 1 N–H and O–H groups in total. The molecule has 0 saturated heterocycles. The van der Waals surface area contributed by atoms with Crippen LogP contribution >= 0.6 is 22.6 Å². The van der Waals surface area contributed by atoms with E-state index in [9.17, 15) is 4.79 Å². The van der Waals surface area contributed by atoms with E-state index in [1.807, 2.05) is 37.3 Å². The molecule has 2 aromatic carbocycles. The van der Waals surface area contributed by atoms with Gasteiger partial charge in [-0.2, -0.15) is 0 Å². The maximum Gasteiger partial charge on any atom is 0.411 e. The van der Waals surface area contributed by atoms with Crippen LogP contribution in [-0.4, -0.2) is 13.2 Å². The number of ether oxygens (including phenoxy) is 2. The van der Waals surface area contributed by atoms with E-state index >= 15 is 0 Å². The van der Waals surface area contributed by atoms with Crippen LogP contribution in [0.1, 0.15) is 16.7 Å². The molecular formula is C17H18INO3. The molecule has 0 unspecified atom stereocenters. The van der Waals surface area contributed by atoms with Gasteiger partial charge in [0.15, 0.2) is 0 Å². The highest BCUT2D eigenvalue weighted by Gasteiger charge is 2.09. The van der Waals surface area contributed by atoms with Crippen molar-refractivity contribution in [2.45, 2.75) is 20.5 Å². The van der Waals surface area contributed by atoms with E-state index < -0.39 is 6.09 Å². The van der Waals surface area contributed by atoms with Crippen LogP contribution < -0.4 is 10.1 Å². The number of methoxy groups -OCH3 is 1. The van der Waals surface area contributed by atoms with Crippen LogP contribution in [0.3, 0.4) is 0 Å². The van der Waals surface area contributed by atoms with Gasteiger partial charge >= 0.3 is 6.09 Å². The van der Waals surface area contributed by atoms with Crippen LogP contribution in [0, 0.1) is 17.4 Å². The maximum atomic E-state index is 11.4. The maximum absolute atomic E-state index is 11.4. The summed E-state index contributed by atoms with van der Waals surface area (Å²) < 4.78 is 11.6. The second-order valence-electron chi connectivity index (χ2n) is 4.98. The van der Waals surface area contributed by atoms with E-state index in [1.165, 1.54) is 12.7 Å². The molecule has 2 aromatic rings. The molecule has 0 aliphatic carbocycles. The zero-order chi connectivity index (χ0) is 16.1. The average molecular weight is 411 g/mol. The van der Waals surface area contributed by atoms with Crippen molar-refractivity contribution in [1.29, 1.82) is 0 Å². The Kier molecular flexibility index (Phi) is 5.65. The van der Waals surface area contributed by atoms with Gasteiger partial charge in [0.2, 0.25) is 0 Å². The Bertz CT molecular complexity index is 686. The Balaban J connectivity index is 2.17. The van der Waals surface area contributed by atoms with Crippen LogP contribution in [0.5, 0.6) is 5.75 Å². The predicted octanol–water partition coefficient (Wildman–Crippen LogP) is 4.67. The van der Waals surface area contributed by atoms with Gasteiger partial charge in [-0.1, -0.05) is 17.7 Å². The number of halogens is 1. The molecule has 2 rings (SSSR count). The fourth-order valence-corrected chi connectivity index (χ4v) is 2.64. The second kappa shape index (κ2) is 7.49. The Labute approximate surface area is 144 Å². The lowest BCUT2D eigenvalue weighted by Crippen LogP contribution is -2.13. The Morgan fingerprint density at radius 1 is 1.18 bits per heavy atom. The van der Waals surface area contributed by atoms with E-state index in [0.717, 1.165) is 20.4 Å². The normalized spacial score (nSPS) is 10.2. The van der Waals surface area contributed by atoms with Crippen molar-refractivity contribution < 1.29 is 14.3 Å². The van der Waals surface area contributed by atoms with Gasteiger partial charge in [-0.25, -0.2) is 4.79 Å². The number of hydrogen-bond acceptors (Lipinski definition) is 3. The summed E-state index contributed by atoms with van der Waals surface area (Å²) in [5, 5.41) is 2.70. The van der Waals surface area contributed by atoms with Crippen molar-refractivity contribution in [2.75, 3.05) is 12.4 Å². The summed E-state index contributed by atoms with van der Waals surface area (Å²) in [6.45, 7) is 4.44. The van der Waals surface area contributed by atoms with Gasteiger partial charge in [0.25, 0.3) is 0 Å². The lowest BCUT2D eigenvalue weighted by atomic mass is 10.1. The molecule has 0 aromatic heterocycles. The summed E-state index contributed by atoms with van der Waals surface area (Å²) in [6, 6.07) is 11.8. The molecule has 0 aliphatic heterocycles. The highest BCUT2D eigenvalue weighted by atomic mass is 127. The van der Waals surface area contributed by atoms with E-state index in [0.29, 0.717) is 12.3 Å². The number of amides is 1. The van der Waals surface area contributed by atoms with Gasteiger partial charge < -0.3 is 9.47 Å². The molecule has 116 valence electrons. The molecule has 0 aliphatic rings. The number of hydrogen-bond donors (Lipinski definition) is 1. The summed E-state index contributed by atoms with van der Waals surface area (Å²) >= 11 is 2.23. The molecular weight excluding hydrogens is 393 g/mol. The van der Waals surface area contributed by atoms with E-state index in [4.69, 9.17) is 4.74 Å². The number of carbonyl (C=O) groups excluding carboxylic acids is 1. The lowest BCUT2D eigenvalue weighted by Gasteiger charge is -2.14. The average Bonchev–Trinajstić information content (AvgIpc) is 2.48. The molecule has 0 heterocycles. The zero-order valence-electron chi connectivity index (χ0n) is 12.8. The van der Waals surface area contributed by atoms with Gasteiger partial charge in [0.1, 0.15) is 12.4 Å². The number of nitrogens with one attached hydrogen (secondary N) is 1. The highest BCUT2D eigenvalue weighted by Crippen LogP contribution is 2.24. The molecule has 0 bridgehead atoms. The molecule has 1 amide bonds. The molecule has 0 saturated carbocycles. The SMILES string of the molecule is COC(=O)Nc1ccc(I)cc1COc1ccc(C)cc1C. The number of rotatable bonds is 4. The summed E-state index contributed by atoms with van der Waals surface area (Å²) in [5.74, 6) is 0.841. The summed E-state index contributed by atoms with van der Waals surface area (Å²) in [4.78, 5) is 11.4. The first-order chi connectivity index (χ1) is 10.5. The first kappa shape index (κ1) is 16.6. The third kappa shape index (κ3) is 4.37. The number of benzene rings is 2. The van der Waals surface area contributed by atoms with Crippen molar-refractivity contribution in [2.24, 2.45) is 0 Å². The largest absolute Gasteiger partial charge is 0.489 e. The number of carbonyl (C=O) groups is 1. The van der Waals surface area contributed by atoms with Gasteiger partial charge in [-0.3, -0.25) is 5.32 Å². The number of anilines is 1. The van der Waals surface area contributed by atoms with E-state index in [2.05, 4.69) is 45.6 Å². The van der Waals surface area contributed by atoms with E-state index in [-0.39, 0.29) is 0 Å². The summed E-state index contributed by atoms with van der Waals surface area (Å²) in [5.41, 5.74) is 3.88. The fourth-order valence-electron chi connectivity index (χ4n) is 2.08. The highest BCUT2D eigenvalue weighted by molar-refractivity contribution is 14.1. The van der Waals surface area contributed by atoms with Gasteiger partial charge in [0.05, 0.1) is 12.8 Å². The predicted molar refractivity (Wildman–Crippen MR) is 95.4 cm³/mol. The van der Waals surface area contributed by atoms with E-state index in [1.54, 1.807) is 0 Å². The quantitative estimate of drug-likeness (QED) is 0.745. The fraction of sp³-hybridized carbons (Fsp3) is 0.235. The van der Waals surface area contributed by atoms with Gasteiger partial charge in [0, 0.05) is 9.13 Å². The van der Waals surface area contributed by atoms with Crippen LogP contribution in [0.2, 0.25) is 0 Å². The molecule has 4 nitrogen and oxygen atoms in total. The first-order valence-corrected chi connectivity index (χ1v) is 7.91. The zero-order valence-corrected chi connectivity index (χ0v) is 14.9. The Morgan fingerprint density at radius 3 is 2.64 bits per heavy atom. The van der Waals surface area contributed by atoms with Crippen LogP contribution in [0.25, 0.3) is 0 Å². The van der Waals surface area contributed by atoms with Crippen LogP contribution in [0.4, 0.5) is 10.5 Å². The Hall–Kier alpha value is -1.76. The minimum Gasteiger partial charge on any atom is -0.489 e. The smallest absolute Gasteiger partial charge is 0.411 e. The minimum absolute atomic E-state index is 0.375. The van der Waals surface area contributed by atoms with Crippen LogP contribution in [0.15, 0.2) is 36.4 Å². The third-order valence-electron chi connectivity index (χ3n) is 3.20. The third-order valence-corrected chi connectivity index (χ3v) is 3.87. The van der Waals surface area contributed by atoms with Gasteiger partial charge in [-0.05, 0) is 66.3 Å². The van der Waals surface area contributed by atoms with Gasteiger partial charge in [-0.15, -0.1) is 0 Å². The second-order valence-corrected chi connectivity index (χ2v) is 6.22.